The molecule has 0 spiro atoms. The van der Waals surface area contributed by atoms with Crippen LogP contribution in [0.5, 0.6) is 5.88 Å². The van der Waals surface area contributed by atoms with Gasteiger partial charge in [0, 0.05) is 19.2 Å². The van der Waals surface area contributed by atoms with Crippen LogP contribution in [0, 0.1) is 11.6 Å². The van der Waals surface area contributed by atoms with Crippen molar-refractivity contribution in [1.29, 1.82) is 0 Å². The first-order chi connectivity index (χ1) is 11.5. The van der Waals surface area contributed by atoms with E-state index in [9.17, 15) is 18.4 Å². The second kappa shape index (κ2) is 6.38. The predicted octanol–water partition coefficient (Wildman–Crippen LogP) is 1.76. The average molecular weight is 335 g/mol. The van der Waals surface area contributed by atoms with Crippen LogP contribution >= 0.6 is 0 Å². The van der Waals surface area contributed by atoms with Gasteiger partial charge in [-0.15, -0.1) is 0 Å². The summed E-state index contributed by atoms with van der Waals surface area (Å²) in [5.74, 6) is -2.53. The highest BCUT2D eigenvalue weighted by molar-refractivity contribution is 5.92. The zero-order valence-corrected chi connectivity index (χ0v) is 13.0. The average Bonchev–Trinajstić information content (AvgIpc) is 3.11. The molecule has 1 fully saturated rings. The highest BCUT2D eigenvalue weighted by atomic mass is 19.2. The van der Waals surface area contributed by atoms with Gasteiger partial charge in [0.25, 0.3) is 5.91 Å². The minimum absolute atomic E-state index is 0.0176. The molecular formula is C16H15F2N3O3. The number of hydrogen-bond acceptors (Lipinski definition) is 4. The Bertz CT molecular complexity index is 845. The van der Waals surface area contributed by atoms with E-state index in [2.05, 4.69) is 5.10 Å². The molecule has 1 saturated heterocycles. The van der Waals surface area contributed by atoms with E-state index in [1.165, 1.54) is 13.2 Å². The molecule has 0 atom stereocenters. The standard InChI is InChI=1S/C16H15F2N3O3/c1-24-14-9-13(22)15(16(23)20-6-2-3-7-20)19-21(14)10-4-5-11(17)12(18)8-10/h4-5,8-9H,2-3,6-7H2,1H3. The van der Waals surface area contributed by atoms with Gasteiger partial charge in [-0.2, -0.15) is 5.10 Å². The Morgan fingerprint density at radius 2 is 1.88 bits per heavy atom. The third-order valence-corrected chi connectivity index (χ3v) is 3.85. The number of rotatable bonds is 3. The Kier molecular flexibility index (Phi) is 4.28. The Hall–Kier alpha value is -2.77. The fourth-order valence-corrected chi connectivity index (χ4v) is 2.61. The molecule has 0 saturated carbocycles. The van der Waals surface area contributed by atoms with E-state index in [1.54, 1.807) is 4.90 Å². The summed E-state index contributed by atoms with van der Waals surface area (Å²) in [5.41, 5.74) is -0.716. The van der Waals surface area contributed by atoms with Crippen molar-refractivity contribution < 1.29 is 18.3 Å². The van der Waals surface area contributed by atoms with Crippen LogP contribution in [0.25, 0.3) is 5.69 Å². The monoisotopic (exact) mass is 335 g/mol. The molecule has 8 heteroatoms. The van der Waals surface area contributed by atoms with E-state index in [0.717, 1.165) is 35.7 Å². The molecule has 3 rings (SSSR count). The van der Waals surface area contributed by atoms with Crippen molar-refractivity contribution in [3.05, 3.63) is 51.8 Å². The molecule has 2 heterocycles. The maximum absolute atomic E-state index is 13.5. The van der Waals surface area contributed by atoms with Crippen molar-refractivity contribution in [2.75, 3.05) is 20.2 Å². The van der Waals surface area contributed by atoms with Crippen molar-refractivity contribution in [3.8, 4) is 11.6 Å². The summed E-state index contributed by atoms with van der Waals surface area (Å²) in [5, 5.41) is 4.03. The third-order valence-electron chi connectivity index (χ3n) is 3.85. The number of benzene rings is 1. The van der Waals surface area contributed by atoms with Crippen LogP contribution in [0.1, 0.15) is 23.3 Å². The normalized spacial score (nSPS) is 14.0. The lowest BCUT2D eigenvalue weighted by Crippen LogP contribution is -2.34. The minimum Gasteiger partial charge on any atom is -0.481 e. The van der Waals surface area contributed by atoms with E-state index in [1.807, 2.05) is 0 Å². The Balaban J connectivity index is 2.10. The highest BCUT2D eigenvalue weighted by Gasteiger charge is 2.25. The van der Waals surface area contributed by atoms with Gasteiger partial charge >= 0.3 is 0 Å². The topological polar surface area (TPSA) is 64.4 Å². The van der Waals surface area contributed by atoms with Crippen molar-refractivity contribution >= 4 is 5.91 Å². The second-order valence-corrected chi connectivity index (χ2v) is 5.41. The minimum atomic E-state index is -1.07. The molecule has 2 aromatic rings. The summed E-state index contributed by atoms with van der Waals surface area (Å²) in [7, 11) is 1.31. The van der Waals surface area contributed by atoms with Crippen LogP contribution in [0.3, 0.4) is 0 Å². The second-order valence-electron chi connectivity index (χ2n) is 5.41. The van der Waals surface area contributed by atoms with E-state index >= 15 is 0 Å². The van der Waals surface area contributed by atoms with E-state index < -0.39 is 23.0 Å². The fraction of sp³-hybridized carbons (Fsp3) is 0.312. The summed E-state index contributed by atoms with van der Waals surface area (Å²) < 4.78 is 32.8. The molecule has 24 heavy (non-hydrogen) atoms. The zero-order valence-electron chi connectivity index (χ0n) is 13.0. The molecule has 0 bridgehead atoms. The van der Waals surface area contributed by atoms with Gasteiger partial charge in [0.1, 0.15) is 0 Å². The summed E-state index contributed by atoms with van der Waals surface area (Å²) in [6.45, 7) is 1.13. The number of carbonyl (C=O) groups is 1. The summed E-state index contributed by atoms with van der Waals surface area (Å²) in [4.78, 5) is 26.2. The predicted molar refractivity (Wildman–Crippen MR) is 81.4 cm³/mol. The number of amides is 1. The molecule has 1 aromatic heterocycles. The first-order valence-electron chi connectivity index (χ1n) is 7.44. The summed E-state index contributed by atoms with van der Waals surface area (Å²) >= 11 is 0. The van der Waals surface area contributed by atoms with Gasteiger partial charge in [-0.25, -0.2) is 13.5 Å². The van der Waals surface area contributed by atoms with Crippen LogP contribution < -0.4 is 10.2 Å². The number of methoxy groups -OCH3 is 1. The Labute approximate surface area is 136 Å². The van der Waals surface area contributed by atoms with Gasteiger partial charge < -0.3 is 9.64 Å². The molecule has 1 amide bonds. The number of likely N-dealkylation sites (tertiary alicyclic amines) is 1. The number of aromatic nitrogens is 2. The first-order valence-corrected chi connectivity index (χ1v) is 7.44. The van der Waals surface area contributed by atoms with Gasteiger partial charge in [0.2, 0.25) is 11.3 Å². The molecule has 1 aliphatic heterocycles. The van der Waals surface area contributed by atoms with Gasteiger partial charge in [-0.05, 0) is 25.0 Å². The molecule has 0 radical (unpaired) electrons. The number of carbonyl (C=O) groups excluding carboxylic acids is 1. The van der Waals surface area contributed by atoms with Gasteiger partial charge in [0.15, 0.2) is 17.3 Å². The van der Waals surface area contributed by atoms with Crippen molar-refractivity contribution in [1.82, 2.24) is 14.7 Å². The first kappa shape index (κ1) is 16.1. The fourth-order valence-electron chi connectivity index (χ4n) is 2.61. The molecule has 0 unspecified atom stereocenters. The van der Waals surface area contributed by atoms with Crippen LogP contribution in [-0.4, -0.2) is 40.8 Å². The van der Waals surface area contributed by atoms with Crippen LogP contribution in [0.4, 0.5) is 8.78 Å². The molecule has 6 nitrogen and oxygen atoms in total. The third kappa shape index (κ3) is 2.86. The lowest BCUT2D eigenvalue weighted by atomic mass is 10.3. The van der Waals surface area contributed by atoms with Gasteiger partial charge in [0.05, 0.1) is 18.9 Å². The SMILES string of the molecule is COc1cc(=O)c(C(=O)N2CCCC2)nn1-c1ccc(F)c(F)c1. The molecule has 0 aliphatic carbocycles. The Morgan fingerprint density at radius 1 is 1.17 bits per heavy atom. The quantitative estimate of drug-likeness (QED) is 0.857. The number of hydrogen-bond donors (Lipinski definition) is 0. The molecule has 1 aliphatic rings. The maximum atomic E-state index is 13.5. The van der Waals surface area contributed by atoms with E-state index in [0.29, 0.717) is 13.1 Å². The molecule has 126 valence electrons. The molecule has 0 N–H and O–H groups in total. The Morgan fingerprint density at radius 3 is 2.50 bits per heavy atom. The lowest BCUT2D eigenvalue weighted by molar-refractivity contribution is 0.0783. The summed E-state index contributed by atoms with van der Waals surface area (Å²) in [6.07, 6.45) is 1.75. The number of ether oxygens (including phenoxy) is 1. The van der Waals surface area contributed by atoms with Gasteiger partial charge in [-0.1, -0.05) is 0 Å². The maximum Gasteiger partial charge on any atom is 0.278 e. The van der Waals surface area contributed by atoms with E-state index in [-0.39, 0.29) is 17.3 Å². The smallest absolute Gasteiger partial charge is 0.278 e. The van der Waals surface area contributed by atoms with Gasteiger partial charge in [-0.3, -0.25) is 9.59 Å². The van der Waals surface area contributed by atoms with Crippen molar-refractivity contribution in [3.63, 3.8) is 0 Å². The van der Waals surface area contributed by atoms with E-state index in [4.69, 9.17) is 4.74 Å². The zero-order chi connectivity index (χ0) is 17.3. The number of halogens is 2. The lowest BCUT2D eigenvalue weighted by Gasteiger charge is -2.16. The van der Waals surface area contributed by atoms with Crippen molar-refractivity contribution in [2.24, 2.45) is 0 Å². The number of nitrogens with zero attached hydrogens (tertiary/aromatic N) is 3. The molecule has 1 aromatic carbocycles. The highest BCUT2D eigenvalue weighted by Crippen LogP contribution is 2.18. The largest absolute Gasteiger partial charge is 0.481 e. The summed E-state index contributed by atoms with van der Waals surface area (Å²) in [6, 6.07) is 4.24. The van der Waals surface area contributed by atoms with Crippen molar-refractivity contribution in [2.45, 2.75) is 12.8 Å². The van der Waals surface area contributed by atoms with Crippen LogP contribution in [0.15, 0.2) is 29.1 Å². The van der Waals surface area contributed by atoms with Crippen LogP contribution in [0.2, 0.25) is 0 Å². The molecular weight excluding hydrogens is 320 g/mol. The van der Waals surface area contributed by atoms with Crippen LogP contribution in [-0.2, 0) is 0 Å².